The first-order valence-corrected chi connectivity index (χ1v) is 4.95. The van der Waals surface area contributed by atoms with E-state index in [2.05, 4.69) is 30.1 Å². The quantitative estimate of drug-likeness (QED) is 0.630. The highest BCUT2D eigenvalue weighted by molar-refractivity contribution is 5.13. The third kappa shape index (κ3) is 1.36. The summed E-state index contributed by atoms with van der Waals surface area (Å²) in [6.07, 6.45) is 3.62. The van der Waals surface area contributed by atoms with Crippen LogP contribution in [0.4, 0.5) is 0 Å². The van der Waals surface area contributed by atoms with Gasteiger partial charge in [0.25, 0.3) is 0 Å². The lowest BCUT2D eigenvalue weighted by Crippen LogP contribution is -2.50. The van der Waals surface area contributed by atoms with Gasteiger partial charge in [-0.3, -0.25) is 0 Å². The first kappa shape index (κ1) is 8.11. The van der Waals surface area contributed by atoms with Crippen molar-refractivity contribution < 1.29 is 0 Å². The van der Waals surface area contributed by atoms with Crippen LogP contribution in [0.3, 0.4) is 0 Å². The molecule has 0 aromatic rings. The minimum absolute atomic E-state index is 0.695. The average molecular weight is 166 g/mol. The number of hydrogen-bond donors (Lipinski definition) is 1. The van der Waals surface area contributed by atoms with E-state index in [9.17, 15) is 0 Å². The third-order valence-corrected chi connectivity index (χ3v) is 2.95. The van der Waals surface area contributed by atoms with Crippen LogP contribution in [-0.4, -0.2) is 30.6 Å². The lowest BCUT2D eigenvalue weighted by Gasteiger charge is -2.36. The summed E-state index contributed by atoms with van der Waals surface area (Å²) in [5.41, 5.74) is 1.52. The molecule has 0 bridgehead atoms. The van der Waals surface area contributed by atoms with Crippen molar-refractivity contribution >= 4 is 0 Å². The number of piperazine rings is 1. The fourth-order valence-corrected chi connectivity index (χ4v) is 2.04. The van der Waals surface area contributed by atoms with E-state index in [-0.39, 0.29) is 0 Å². The third-order valence-electron chi connectivity index (χ3n) is 2.95. The summed E-state index contributed by atoms with van der Waals surface area (Å²) >= 11 is 0. The summed E-state index contributed by atoms with van der Waals surface area (Å²) in [6.45, 7) is 8.14. The minimum atomic E-state index is 0.695. The zero-order valence-electron chi connectivity index (χ0n) is 8.01. The van der Waals surface area contributed by atoms with Crippen molar-refractivity contribution in [2.24, 2.45) is 5.92 Å². The average Bonchev–Trinajstić information content (AvgIpc) is 2.49. The molecule has 12 heavy (non-hydrogen) atoms. The van der Waals surface area contributed by atoms with E-state index >= 15 is 0 Å². The van der Waals surface area contributed by atoms with Crippen molar-refractivity contribution in [1.29, 1.82) is 0 Å². The van der Waals surface area contributed by atoms with E-state index in [1.165, 1.54) is 25.2 Å². The monoisotopic (exact) mass is 166 g/mol. The van der Waals surface area contributed by atoms with Crippen LogP contribution in [0.1, 0.15) is 20.3 Å². The van der Waals surface area contributed by atoms with Gasteiger partial charge in [-0.15, -0.1) is 0 Å². The lowest BCUT2D eigenvalue weighted by atomic mass is 10.0. The van der Waals surface area contributed by atoms with Gasteiger partial charge in [-0.25, -0.2) is 0 Å². The topological polar surface area (TPSA) is 15.3 Å². The summed E-state index contributed by atoms with van der Waals surface area (Å²) in [6, 6.07) is 0.695. The van der Waals surface area contributed by atoms with Gasteiger partial charge in [0.2, 0.25) is 0 Å². The van der Waals surface area contributed by atoms with Crippen molar-refractivity contribution in [2.45, 2.75) is 26.3 Å². The first-order valence-electron chi connectivity index (χ1n) is 4.95. The molecular formula is C10H18N2. The van der Waals surface area contributed by atoms with E-state index in [1.807, 2.05) is 0 Å². The lowest BCUT2D eigenvalue weighted by molar-refractivity contribution is 0.237. The second kappa shape index (κ2) is 3.09. The van der Waals surface area contributed by atoms with Crippen LogP contribution in [0, 0.1) is 5.92 Å². The van der Waals surface area contributed by atoms with Gasteiger partial charge in [-0.05, 0) is 12.3 Å². The Bertz CT molecular complexity index is 196. The zero-order valence-corrected chi connectivity index (χ0v) is 8.01. The molecule has 0 amide bonds. The molecule has 1 saturated heterocycles. The molecule has 2 aliphatic heterocycles. The van der Waals surface area contributed by atoms with Gasteiger partial charge < -0.3 is 10.2 Å². The fraction of sp³-hybridized carbons (Fsp3) is 0.800. The van der Waals surface area contributed by atoms with Crippen molar-refractivity contribution in [3.8, 4) is 0 Å². The summed E-state index contributed by atoms with van der Waals surface area (Å²) in [5, 5.41) is 3.58. The molecule has 1 N–H and O–H groups in total. The molecule has 2 heteroatoms. The fourth-order valence-electron chi connectivity index (χ4n) is 2.04. The van der Waals surface area contributed by atoms with Gasteiger partial charge >= 0.3 is 0 Å². The first-order chi connectivity index (χ1) is 5.77. The van der Waals surface area contributed by atoms with Crippen LogP contribution in [0.25, 0.3) is 0 Å². The maximum Gasteiger partial charge on any atom is 0.0355 e. The van der Waals surface area contributed by atoms with E-state index < -0.39 is 0 Å². The predicted molar refractivity (Wildman–Crippen MR) is 50.9 cm³/mol. The summed E-state index contributed by atoms with van der Waals surface area (Å²) in [4.78, 5) is 2.53. The Kier molecular flexibility index (Phi) is 2.09. The van der Waals surface area contributed by atoms with Crippen LogP contribution in [0.5, 0.6) is 0 Å². The van der Waals surface area contributed by atoms with Gasteiger partial charge in [0.15, 0.2) is 0 Å². The summed E-state index contributed by atoms with van der Waals surface area (Å²) < 4.78 is 0. The second-order valence-electron chi connectivity index (χ2n) is 4.16. The molecule has 1 atom stereocenters. The Labute approximate surface area is 74.6 Å². The second-order valence-corrected chi connectivity index (χ2v) is 4.16. The van der Waals surface area contributed by atoms with Crippen LogP contribution in [0.15, 0.2) is 11.8 Å². The summed E-state index contributed by atoms with van der Waals surface area (Å²) in [5.74, 6) is 0.757. The number of rotatable bonds is 1. The number of nitrogens with zero attached hydrogens (tertiary/aromatic N) is 1. The molecule has 68 valence electrons. The Morgan fingerprint density at radius 2 is 2.42 bits per heavy atom. The van der Waals surface area contributed by atoms with Crippen LogP contribution < -0.4 is 5.32 Å². The molecule has 2 rings (SSSR count). The summed E-state index contributed by atoms with van der Waals surface area (Å²) in [7, 11) is 0. The smallest absolute Gasteiger partial charge is 0.0355 e. The SMILES string of the molecule is CC(C)C1CN2CCC=C2CN1. The van der Waals surface area contributed by atoms with Crippen molar-refractivity contribution in [1.82, 2.24) is 10.2 Å². The van der Waals surface area contributed by atoms with Crippen molar-refractivity contribution in [3.05, 3.63) is 11.8 Å². The van der Waals surface area contributed by atoms with Gasteiger partial charge in [0.05, 0.1) is 0 Å². The predicted octanol–water partition coefficient (Wildman–Crippen LogP) is 1.20. The highest BCUT2D eigenvalue weighted by Gasteiger charge is 2.25. The molecule has 2 heterocycles. The zero-order chi connectivity index (χ0) is 8.55. The molecule has 2 aliphatic rings. The highest BCUT2D eigenvalue weighted by Crippen LogP contribution is 2.20. The van der Waals surface area contributed by atoms with Crippen LogP contribution in [-0.2, 0) is 0 Å². The molecule has 1 fully saturated rings. The molecular weight excluding hydrogens is 148 g/mol. The van der Waals surface area contributed by atoms with Crippen LogP contribution >= 0.6 is 0 Å². The van der Waals surface area contributed by atoms with Gasteiger partial charge in [-0.1, -0.05) is 19.9 Å². The van der Waals surface area contributed by atoms with Gasteiger partial charge in [0.1, 0.15) is 0 Å². The maximum atomic E-state index is 3.58. The molecule has 0 spiro atoms. The standard InChI is InChI=1S/C10H18N2/c1-8(2)10-7-12-5-3-4-9(12)6-11-10/h4,8,10-11H,3,5-7H2,1-2H3. The molecule has 0 aromatic carbocycles. The van der Waals surface area contributed by atoms with Crippen molar-refractivity contribution in [3.63, 3.8) is 0 Å². The molecule has 0 aromatic heterocycles. The maximum absolute atomic E-state index is 3.58. The molecule has 1 unspecified atom stereocenters. The van der Waals surface area contributed by atoms with Crippen LogP contribution in [0.2, 0.25) is 0 Å². The van der Waals surface area contributed by atoms with Gasteiger partial charge in [0, 0.05) is 31.4 Å². The van der Waals surface area contributed by atoms with E-state index in [1.54, 1.807) is 0 Å². The minimum Gasteiger partial charge on any atom is -0.372 e. The molecule has 0 radical (unpaired) electrons. The number of hydrogen-bond acceptors (Lipinski definition) is 2. The molecule has 0 saturated carbocycles. The Morgan fingerprint density at radius 3 is 3.17 bits per heavy atom. The Balaban J connectivity index is 1.98. The van der Waals surface area contributed by atoms with E-state index in [0.29, 0.717) is 6.04 Å². The highest BCUT2D eigenvalue weighted by atomic mass is 15.2. The number of fused-ring (bicyclic) bond motifs is 1. The number of nitrogens with one attached hydrogen (secondary N) is 1. The van der Waals surface area contributed by atoms with E-state index in [0.717, 1.165) is 12.5 Å². The van der Waals surface area contributed by atoms with Crippen molar-refractivity contribution in [2.75, 3.05) is 19.6 Å². The Morgan fingerprint density at radius 1 is 1.58 bits per heavy atom. The Hall–Kier alpha value is -0.500. The largest absolute Gasteiger partial charge is 0.372 e. The molecule has 2 nitrogen and oxygen atoms in total. The van der Waals surface area contributed by atoms with Gasteiger partial charge in [-0.2, -0.15) is 0 Å². The molecule has 0 aliphatic carbocycles. The van der Waals surface area contributed by atoms with E-state index in [4.69, 9.17) is 0 Å². The normalized spacial score (nSPS) is 29.1.